The highest BCUT2D eigenvalue weighted by Crippen LogP contribution is 2.49. The molecule has 1 N–H and O–H groups in total. The van der Waals surface area contributed by atoms with Crippen LogP contribution < -0.4 is 5.32 Å². The minimum Gasteiger partial charge on any atom is -0.363 e. The molecule has 7 heteroatoms. The van der Waals surface area contributed by atoms with Crippen molar-refractivity contribution in [2.24, 2.45) is 17.8 Å². The highest BCUT2D eigenvalue weighted by molar-refractivity contribution is 7.15. The predicted octanol–water partition coefficient (Wildman–Crippen LogP) is 3.15. The van der Waals surface area contributed by atoms with E-state index in [4.69, 9.17) is 0 Å². The molecule has 6 nitrogen and oxygen atoms in total. The summed E-state index contributed by atoms with van der Waals surface area (Å²) in [6.45, 7) is 0.820. The van der Waals surface area contributed by atoms with E-state index in [2.05, 4.69) is 10.3 Å². The molecule has 0 spiro atoms. The van der Waals surface area contributed by atoms with Gasteiger partial charge in [0.2, 0.25) is 5.82 Å². The number of hydrogen-bond donors (Lipinski definition) is 1. The second-order valence-electron chi connectivity index (χ2n) is 5.82. The maximum Gasteiger partial charge on any atom is 0.372 e. The lowest BCUT2D eigenvalue weighted by atomic mass is 9.98. The molecule has 2 fully saturated rings. The largest absolute Gasteiger partial charge is 0.372 e. The van der Waals surface area contributed by atoms with E-state index in [1.807, 2.05) is 5.38 Å². The number of anilines is 1. The summed E-state index contributed by atoms with van der Waals surface area (Å²) in [4.78, 5) is 15.9. The van der Waals surface area contributed by atoms with Gasteiger partial charge in [0.25, 0.3) is 4.96 Å². The number of imidazole rings is 1. The molecular formula is C13H16N4O2S. The second kappa shape index (κ2) is 4.44. The van der Waals surface area contributed by atoms with E-state index in [1.54, 1.807) is 10.6 Å². The first-order chi connectivity index (χ1) is 9.74. The van der Waals surface area contributed by atoms with Crippen LogP contribution in [0.15, 0.2) is 11.6 Å². The van der Waals surface area contributed by atoms with Gasteiger partial charge >= 0.3 is 5.82 Å². The third-order valence-electron chi connectivity index (χ3n) is 4.37. The van der Waals surface area contributed by atoms with Gasteiger partial charge in [0.1, 0.15) is 6.20 Å². The topological polar surface area (TPSA) is 72.5 Å². The lowest BCUT2D eigenvalue weighted by Gasteiger charge is -2.15. The zero-order chi connectivity index (χ0) is 13.7. The summed E-state index contributed by atoms with van der Waals surface area (Å²) in [5, 5.41) is 16.3. The summed E-state index contributed by atoms with van der Waals surface area (Å²) < 4.78 is 1.55. The van der Waals surface area contributed by atoms with Crippen molar-refractivity contribution < 1.29 is 4.92 Å². The minimum absolute atomic E-state index is 0.0617. The van der Waals surface area contributed by atoms with Gasteiger partial charge in [-0.3, -0.25) is 0 Å². The van der Waals surface area contributed by atoms with Crippen LogP contribution in [0.25, 0.3) is 4.96 Å². The Labute approximate surface area is 120 Å². The highest BCUT2D eigenvalue weighted by Gasteiger charge is 2.41. The molecule has 2 saturated carbocycles. The molecule has 2 aliphatic rings. The fraction of sp³-hybridized carbons (Fsp3) is 0.615. The third kappa shape index (κ3) is 2.06. The third-order valence-corrected chi connectivity index (χ3v) is 5.13. The zero-order valence-corrected chi connectivity index (χ0v) is 11.8. The van der Waals surface area contributed by atoms with Crippen LogP contribution in [0.5, 0.6) is 0 Å². The Morgan fingerprint density at radius 2 is 2.15 bits per heavy atom. The SMILES string of the molecule is O=[N+]([O-])c1c(NCC(C2CC2)C2CC2)nc2sccn12. The molecule has 106 valence electrons. The van der Waals surface area contributed by atoms with Gasteiger partial charge in [-0.05, 0) is 48.4 Å². The number of aromatic nitrogens is 2. The molecule has 2 heterocycles. The van der Waals surface area contributed by atoms with Crippen LogP contribution >= 0.6 is 11.3 Å². The first kappa shape index (κ1) is 12.1. The van der Waals surface area contributed by atoms with Crippen LogP contribution in [0.2, 0.25) is 0 Å². The minimum atomic E-state index is -0.349. The number of nitrogens with zero attached hydrogens (tertiary/aromatic N) is 3. The van der Waals surface area contributed by atoms with E-state index in [-0.39, 0.29) is 10.7 Å². The Hall–Kier alpha value is -1.63. The van der Waals surface area contributed by atoms with E-state index in [0.29, 0.717) is 16.7 Å². The van der Waals surface area contributed by atoms with E-state index >= 15 is 0 Å². The Kier molecular flexibility index (Phi) is 2.70. The summed E-state index contributed by atoms with van der Waals surface area (Å²) >= 11 is 1.42. The zero-order valence-electron chi connectivity index (χ0n) is 11.0. The Morgan fingerprint density at radius 3 is 2.75 bits per heavy atom. The fourth-order valence-corrected chi connectivity index (χ4v) is 3.76. The van der Waals surface area contributed by atoms with Crippen molar-refractivity contribution in [2.75, 3.05) is 11.9 Å². The van der Waals surface area contributed by atoms with Crippen LogP contribution in [-0.2, 0) is 0 Å². The number of fused-ring (bicyclic) bond motifs is 1. The molecule has 0 unspecified atom stereocenters. The summed E-state index contributed by atoms with van der Waals surface area (Å²) in [6.07, 6.45) is 6.99. The van der Waals surface area contributed by atoms with Crippen molar-refractivity contribution in [3.05, 3.63) is 21.7 Å². The molecule has 4 rings (SSSR count). The number of nitrogens with one attached hydrogen (secondary N) is 1. The molecule has 0 saturated heterocycles. The van der Waals surface area contributed by atoms with Gasteiger partial charge in [-0.15, -0.1) is 0 Å². The molecule has 0 aromatic carbocycles. The van der Waals surface area contributed by atoms with Gasteiger partial charge in [0.15, 0.2) is 0 Å². The molecule has 20 heavy (non-hydrogen) atoms. The van der Waals surface area contributed by atoms with Gasteiger partial charge in [-0.2, -0.15) is 9.38 Å². The molecule has 0 radical (unpaired) electrons. The average Bonchev–Trinajstić information content (AvgIpc) is 3.30. The van der Waals surface area contributed by atoms with Gasteiger partial charge in [-0.1, -0.05) is 11.3 Å². The molecule has 0 amide bonds. The summed E-state index contributed by atoms with van der Waals surface area (Å²) in [7, 11) is 0. The molecule has 2 aliphatic carbocycles. The van der Waals surface area contributed by atoms with E-state index < -0.39 is 0 Å². The lowest BCUT2D eigenvalue weighted by Crippen LogP contribution is -2.19. The van der Waals surface area contributed by atoms with Crippen molar-refractivity contribution in [3.8, 4) is 0 Å². The van der Waals surface area contributed by atoms with Crippen LogP contribution in [0.4, 0.5) is 11.6 Å². The lowest BCUT2D eigenvalue weighted by molar-refractivity contribution is -0.389. The van der Waals surface area contributed by atoms with E-state index in [9.17, 15) is 10.1 Å². The quantitative estimate of drug-likeness (QED) is 0.655. The Morgan fingerprint density at radius 1 is 1.45 bits per heavy atom. The second-order valence-corrected chi connectivity index (χ2v) is 6.69. The smallest absolute Gasteiger partial charge is 0.363 e. The molecular weight excluding hydrogens is 276 g/mol. The first-order valence-electron chi connectivity index (χ1n) is 7.08. The maximum atomic E-state index is 11.2. The van der Waals surface area contributed by atoms with Gasteiger partial charge in [-0.25, -0.2) is 0 Å². The first-order valence-corrected chi connectivity index (χ1v) is 7.96. The van der Waals surface area contributed by atoms with Gasteiger partial charge in [0.05, 0.1) is 0 Å². The normalized spacial score (nSPS) is 18.9. The number of hydrogen-bond acceptors (Lipinski definition) is 5. The predicted molar refractivity (Wildman–Crippen MR) is 77.2 cm³/mol. The Bertz CT molecular complexity index is 644. The molecule has 0 bridgehead atoms. The molecule has 0 atom stereocenters. The van der Waals surface area contributed by atoms with Crippen molar-refractivity contribution in [2.45, 2.75) is 25.7 Å². The highest BCUT2D eigenvalue weighted by atomic mass is 32.1. The standard InChI is InChI=1S/C13H16N4O2S/c18-17(19)12-11(15-13-16(12)5-6-20-13)14-7-10(8-1-2-8)9-3-4-9/h5-6,8-10,14H,1-4,7H2. The number of rotatable bonds is 6. The van der Waals surface area contributed by atoms with E-state index in [1.165, 1.54) is 37.0 Å². The molecule has 2 aromatic heterocycles. The molecule has 0 aliphatic heterocycles. The van der Waals surface area contributed by atoms with Crippen LogP contribution in [0.1, 0.15) is 25.7 Å². The Balaban J connectivity index is 1.56. The number of nitro groups is 1. The van der Waals surface area contributed by atoms with Crippen molar-refractivity contribution in [1.82, 2.24) is 9.38 Å². The van der Waals surface area contributed by atoms with Crippen molar-refractivity contribution in [3.63, 3.8) is 0 Å². The average molecular weight is 292 g/mol. The molecule has 2 aromatic rings. The van der Waals surface area contributed by atoms with Gasteiger partial charge in [0, 0.05) is 11.9 Å². The van der Waals surface area contributed by atoms with Crippen LogP contribution in [0.3, 0.4) is 0 Å². The van der Waals surface area contributed by atoms with E-state index in [0.717, 1.165) is 18.4 Å². The monoisotopic (exact) mass is 292 g/mol. The van der Waals surface area contributed by atoms with Gasteiger partial charge < -0.3 is 15.4 Å². The van der Waals surface area contributed by atoms with Crippen LogP contribution in [0, 0.1) is 27.9 Å². The van der Waals surface area contributed by atoms with Crippen LogP contribution in [-0.4, -0.2) is 20.9 Å². The summed E-state index contributed by atoms with van der Waals surface area (Å²) in [6, 6.07) is 0. The fourth-order valence-electron chi connectivity index (χ4n) is 3.05. The summed E-state index contributed by atoms with van der Waals surface area (Å²) in [5.41, 5.74) is 0. The summed E-state index contributed by atoms with van der Waals surface area (Å²) in [5.74, 6) is 2.82. The van der Waals surface area contributed by atoms with Crippen molar-refractivity contribution in [1.29, 1.82) is 0 Å². The van der Waals surface area contributed by atoms with Crippen molar-refractivity contribution >= 4 is 27.9 Å². The maximum absolute atomic E-state index is 11.2. The number of thiazole rings is 1.